The minimum Gasteiger partial charge on any atom is -0.469 e. The van der Waals surface area contributed by atoms with E-state index in [0.29, 0.717) is 12.3 Å². The second-order valence-corrected chi connectivity index (χ2v) is 9.07. The van der Waals surface area contributed by atoms with Gasteiger partial charge in [-0.25, -0.2) is 4.39 Å². The highest BCUT2D eigenvalue weighted by molar-refractivity contribution is 5.85. The van der Waals surface area contributed by atoms with Crippen LogP contribution in [0.2, 0.25) is 0 Å². The molecule has 1 heterocycles. The van der Waals surface area contributed by atoms with E-state index in [4.69, 9.17) is 9.47 Å². The van der Waals surface area contributed by atoms with E-state index < -0.39 is 29.6 Å². The standard InChI is InChI=1S/C20H25FO4/c1-11-8-19-9-12(11)4-5-13(19)20-7-3-6-18(10-21,17(23)25-20)15(20)14(19)16(22)24-2/h12-15H,1,3-10H2,2H3/t12-,13+,14-,15-,18+,19+,20-/m1/s1. The quantitative estimate of drug-likeness (QED) is 0.568. The van der Waals surface area contributed by atoms with Gasteiger partial charge in [0.05, 0.1) is 13.0 Å². The summed E-state index contributed by atoms with van der Waals surface area (Å²) in [5.41, 5.74) is -0.871. The largest absolute Gasteiger partial charge is 0.469 e. The molecule has 4 bridgehead atoms. The fourth-order valence-electron chi connectivity index (χ4n) is 7.83. The number of esters is 2. The van der Waals surface area contributed by atoms with Crippen molar-refractivity contribution in [3.8, 4) is 0 Å². The fourth-order valence-corrected chi connectivity index (χ4v) is 7.83. The number of alkyl halides is 1. The highest BCUT2D eigenvalue weighted by Crippen LogP contribution is 2.78. The number of hydrogen-bond donors (Lipinski definition) is 0. The first-order valence-electron chi connectivity index (χ1n) is 9.50. The lowest BCUT2D eigenvalue weighted by atomic mass is 9.60. The molecule has 0 aromatic carbocycles. The van der Waals surface area contributed by atoms with Crippen molar-refractivity contribution < 1.29 is 23.5 Å². The van der Waals surface area contributed by atoms with Gasteiger partial charge in [-0.15, -0.1) is 0 Å². The lowest BCUT2D eigenvalue weighted by Crippen LogP contribution is -2.49. The van der Waals surface area contributed by atoms with Gasteiger partial charge in [-0.1, -0.05) is 12.2 Å². The molecule has 7 atom stereocenters. The van der Waals surface area contributed by atoms with Crippen LogP contribution >= 0.6 is 0 Å². The molecular weight excluding hydrogens is 323 g/mol. The molecule has 1 saturated heterocycles. The zero-order chi connectivity index (χ0) is 17.6. The van der Waals surface area contributed by atoms with Crippen LogP contribution in [0.25, 0.3) is 0 Å². The van der Waals surface area contributed by atoms with Crippen LogP contribution in [-0.2, 0) is 19.1 Å². The minimum atomic E-state index is -1.15. The third kappa shape index (κ3) is 1.52. The van der Waals surface area contributed by atoms with E-state index in [2.05, 4.69) is 6.58 Å². The van der Waals surface area contributed by atoms with Crippen LogP contribution in [0.5, 0.6) is 0 Å². The highest BCUT2D eigenvalue weighted by Gasteiger charge is 2.82. The number of hydrogen-bond acceptors (Lipinski definition) is 4. The maximum absolute atomic E-state index is 14.3. The van der Waals surface area contributed by atoms with Gasteiger partial charge in [0, 0.05) is 11.8 Å². The SMILES string of the molecule is C=C1C[C@]23C[C@H]1CC[C@@H]2[C@@]12CCC[C@@](CF)(C(=O)O1)[C@H]2[C@@H]3C(=O)OC. The molecule has 0 N–H and O–H groups in total. The summed E-state index contributed by atoms with van der Waals surface area (Å²) in [7, 11) is 1.40. The van der Waals surface area contributed by atoms with Crippen molar-refractivity contribution >= 4 is 11.9 Å². The molecule has 4 aliphatic carbocycles. The molecule has 5 rings (SSSR count). The summed E-state index contributed by atoms with van der Waals surface area (Å²) in [5.74, 6) is -0.969. The van der Waals surface area contributed by atoms with Gasteiger partial charge in [-0.3, -0.25) is 9.59 Å². The molecule has 1 spiro atoms. The molecule has 136 valence electrons. The van der Waals surface area contributed by atoms with Crippen molar-refractivity contribution in [2.75, 3.05) is 13.8 Å². The molecule has 0 radical (unpaired) electrons. The number of ether oxygens (including phenoxy) is 2. The molecule has 0 amide bonds. The Morgan fingerprint density at radius 2 is 2.20 bits per heavy atom. The Balaban J connectivity index is 1.74. The lowest BCUT2D eigenvalue weighted by molar-refractivity contribution is -0.162. The molecule has 1 aliphatic heterocycles. The van der Waals surface area contributed by atoms with E-state index in [-0.39, 0.29) is 23.2 Å². The van der Waals surface area contributed by atoms with Gasteiger partial charge in [0.25, 0.3) is 0 Å². The van der Waals surface area contributed by atoms with Crippen LogP contribution < -0.4 is 0 Å². The van der Waals surface area contributed by atoms with Crippen LogP contribution in [0.15, 0.2) is 12.2 Å². The average molecular weight is 348 g/mol. The number of allylic oxidation sites excluding steroid dienone is 1. The Bertz CT molecular complexity index is 689. The molecule has 5 fully saturated rings. The highest BCUT2D eigenvalue weighted by atomic mass is 19.1. The number of rotatable bonds is 2. The molecule has 0 aromatic heterocycles. The van der Waals surface area contributed by atoms with Crippen LogP contribution in [0.4, 0.5) is 4.39 Å². The van der Waals surface area contributed by atoms with Gasteiger partial charge in [0.15, 0.2) is 0 Å². The molecule has 5 heteroatoms. The predicted molar refractivity (Wildman–Crippen MR) is 87.1 cm³/mol. The summed E-state index contributed by atoms with van der Waals surface area (Å²) in [6, 6.07) is 0. The predicted octanol–water partition coefficient (Wildman–Crippen LogP) is 3.20. The van der Waals surface area contributed by atoms with Crippen molar-refractivity contribution in [1.82, 2.24) is 0 Å². The third-order valence-corrected chi connectivity index (χ3v) is 8.50. The number of carbonyl (C=O) groups excluding carboxylic acids is 2. The monoisotopic (exact) mass is 348 g/mol. The van der Waals surface area contributed by atoms with Crippen molar-refractivity contribution in [2.45, 2.75) is 50.5 Å². The van der Waals surface area contributed by atoms with Crippen molar-refractivity contribution in [3.63, 3.8) is 0 Å². The van der Waals surface area contributed by atoms with Gasteiger partial charge in [-0.2, -0.15) is 0 Å². The zero-order valence-electron chi connectivity index (χ0n) is 14.7. The molecule has 5 aliphatic rings. The van der Waals surface area contributed by atoms with Crippen molar-refractivity contribution in [2.24, 2.45) is 34.5 Å². The maximum atomic E-state index is 14.3. The summed E-state index contributed by atoms with van der Waals surface area (Å²) in [6.07, 6.45) is 5.69. The zero-order valence-corrected chi connectivity index (χ0v) is 14.7. The Kier molecular flexibility index (Phi) is 2.95. The average Bonchev–Trinajstić information content (AvgIpc) is 3.05. The van der Waals surface area contributed by atoms with Gasteiger partial charge in [-0.05, 0) is 56.3 Å². The van der Waals surface area contributed by atoms with Crippen molar-refractivity contribution in [3.05, 3.63) is 12.2 Å². The molecule has 4 nitrogen and oxygen atoms in total. The third-order valence-electron chi connectivity index (χ3n) is 8.50. The van der Waals surface area contributed by atoms with Crippen LogP contribution in [0.3, 0.4) is 0 Å². The Labute approximate surface area is 147 Å². The van der Waals surface area contributed by atoms with Crippen LogP contribution in [0, 0.1) is 34.5 Å². The number of halogens is 1. The van der Waals surface area contributed by atoms with Crippen LogP contribution in [0.1, 0.15) is 44.9 Å². The Morgan fingerprint density at radius 3 is 2.92 bits per heavy atom. The molecule has 25 heavy (non-hydrogen) atoms. The maximum Gasteiger partial charge on any atom is 0.315 e. The molecule has 0 unspecified atom stereocenters. The summed E-state index contributed by atoms with van der Waals surface area (Å²) < 4.78 is 25.6. The van der Waals surface area contributed by atoms with E-state index in [0.717, 1.165) is 38.5 Å². The smallest absolute Gasteiger partial charge is 0.315 e. The molecular formula is C20H25FO4. The Morgan fingerprint density at radius 1 is 1.40 bits per heavy atom. The van der Waals surface area contributed by atoms with Crippen LogP contribution in [-0.4, -0.2) is 31.3 Å². The summed E-state index contributed by atoms with van der Waals surface area (Å²) in [6.45, 7) is 3.53. The van der Waals surface area contributed by atoms with Gasteiger partial charge < -0.3 is 9.47 Å². The van der Waals surface area contributed by atoms with Crippen molar-refractivity contribution in [1.29, 1.82) is 0 Å². The first kappa shape index (κ1) is 15.8. The summed E-state index contributed by atoms with van der Waals surface area (Å²) >= 11 is 0. The second-order valence-electron chi connectivity index (χ2n) is 9.07. The first-order valence-corrected chi connectivity index (χ1v) is 9.50. The second kappa shape index (κ2) is 4.66. The minimum absolute atomic E-state index is 0.127. The summed E-state index contributed by atoms with van der Waals surface area (Å²) in [4.78, 5) is 25.7. The molecule has 0 aromatic rings. The fraction of sp³-hybridized carbons (Fsp3) is 0.800. The van der Waals surface area contributed by atoms with E-state index in [1.165, 1.54) is 12.7 Å². The number of carbonyl (C=O) groups is 2. The number of methoxy groups -OCH3 is 1. The Hall–Kier alpha value is -1.39. The van der Waals surface area contributed by atoms with E-state index >= 15 is 0 Å². The van der Waals surface area contributed by atoms with Gasteiger partial charge in [0.1, 0.15) is 17.7 Å². The van der Waals surface area contributed by atoms with Gasteiger partial charge >= 0.3 is 11.9 Å². The van der Waals surface area contributed by atoms with E-state index in [1.807, 2.05) is 0 Å². The molecule has 4 saturated carbocycles. The number of fused-ring (bicyclic) bond motifs is 1. The van der Waals surface area contributed by atoms with E-state index in [9.17, 15) is 14.0 Å². The normalized spacial score (nSPS) is 52.6. The lowest BCUT2D eigenvalue weighted by Gasteiger charge is -2.43. The topological polar surface area (TPSA) is 52.6 Å². The summed E-state index contributed by atoms with van der Waals surface area (Å²) in [5, 5.41) is 0. The van der Waals surface area contributed by atoms with Gasteiger partial charge in [0.2, 0.25) is 0 Å². The first-order chi connectivity index (χ1) is 11.9. The van der Waals surface area contributed by atoms with E-state index in [1.54, 1.807) is 0 Å².